The maximum atomic E-state index is 13.1. The zero-order chi connectivity index (χ0) is 12.1. The number of hydrogen-bond acceptors (Lipinski definition) is 2. The summed E-state index contributed by atoms with van der Waals surface area (Å²) in [5.74, 6) is -0.229. The molecule has 2 atom stereocenters. The second-order valence-electron chi connectivity index (χ2n) is 4.03. The van der Waals surface area contributed by atoms with Crippen LogP contribution in [0.1, 0.15) is 37.5 Å². The molecule has 1 aromatic carbocycles. The Labute approximate surface area is 96.5 Å². The van der Waals surface area contributed by atoms with Gasteiger partial charge in [-0.1, -0.05) is 26.0 Å². The van der Waals surface area contributed by atoms with Gasteiger partial charge in [-0.3, -0.25) is 0 Å². The maximum Gasteiger partial charge on any atom is 0.126 e. The first-order valence-corrected chi connectivity index (χ1v) is 5.77. The molecule has 0 spiro atoms. The van der Waals surface area contributed by atoms with Crippen LogP contribution in [0.2, 0.25) is 0 Å². The van der Waals surface area contributed by atoms with Gasteiger partial charge >= 0.3 is 0 Å². The number of benzene rings is 1. The van der Waals surface area contributed by atoms with E-state index in [0.717, 1.165) is 18.5 Å². The molecule has 0 saturated carbocycles. The van der Waals surface area contributed by atoms with Gasteiger partial charge in [0.05, 0.1) is 6.10 Å². The van der Waals surface area contributed by atoms with E-state index in [1.165, 1.54) is 6.07 Å². The van der Waals surface area contributed by atoms with E-state index in [0.29, 0.717) is 5.56 Å². The van der Waals surface area contributed by atoms with Gasteiger partial charge in [-0.2, -0.15) is 0 Å². The highest BCUT2D eigenvalue weighted by molar-refractivity contribution is 5.26. The van der Waals surface area contributed by atoms with E-state index in [1.807, 2.05) is 13.8 Å². The first kappa shape index (κ1) is 13.1. The van der Waals surface area contributed by atoms with Crippen molar-refractivity contribution >= 4 is 0 Å². The Morgan fingerprint density at radius 3 is 2.56 bits per heavy atom. The van der Waals surface area contributed by atoms with E-state index < -0.39 is 6.10 Å². The summed E-state index contributed by atoms with van der Waals surface area (Å²) in [5, 5.41) is 13.4. The third-order valence-electron chi connectivity index (χ3n) is 2.81. The molecule has 0 aliphatic carbocycles. The Hall–Kier alpha value is -0.930. The summed E-state index contributed by atoms with van der Waals surface area (Å²) in [6, 6.07) is 4.79. The second-order valence-corrected chi connectivity index (χ2v) is 4.03. The Morgan fingerprint density at radius 2 is 2.06 bits per heavy atom. The molecule has 90 valence electrons. The molecular weight excluding hydrogens is 205 g/mol. The maximum absolute atomic E-state index is 13.1. The molecule has 0 bridgehead atoms. The van der Waals surface area contributed by atoms with Crippen molar-refractivity contribution in [3.05, 3.63) is 35.1 Å². The Bertz CT molecular complexity index is 341. The van der Waals surface area contributed by atoms with Crippen LogP contribution < -0.4 is 5.32 Å². The first-order valence-electron chi connectivity index (χ1n) is 5.77. The summed E-state index contributed by atoms with van der Waals surface area (Å²) in [7, 11) is 0. The van der Waals surface area contributed by atoms with Crippen LogP contribution in [0.3, 0.4) is 0 Å². The van der Waals surface area contributed by atoms with Crippen molar-refractivity contribution in [1.82, 2.24) is 5.32 Å². The molecule has 0 aliphatic heterocycles. The number of aliphatic hydroxyl groups is 1. The van der Waals surface area contributed by atoms with Gasteiger partial charge in [0.25, 0.3) is 0 Å². The molecular formula is C13H20FNO. The van der Waals surface area contributed by atoms with Gasteiger partial charge in [0.1, 0.15) is 5.82 Å². The van der Waals surface area contributed by atoms with Crippen molar-refractivity contribution in [2.24, 2.45) is 0 Å². The number of halogens is 1. The molecule has 2 unspecified atom stereocenters. The number of likely N-dealkylation sites (N-methyl/N-ethyl adjacent to an activating group) is 1. The lowest BCUT2D eigenvalue weighted by Gasteiger charge is -2.23. The van der Waals surface area contributed by atoms with E-state index >= 15 is 0 Å². The highest BCUT2D eigenvalue weighted by atomic mass is 19.1. The minimum Gasteiger partial charge on any atom is -0.387 e. The van der Waals surface area contributed by atoms with Gasteiger partial charge in [0, 0.05) is 6.04 Å². The molecule has 0 aromatic heterocycles. The van der Waals surface area contributed by atoms with Crippen molar-refractivity contribution in [3.8, 4) is 0 Å². The van der Waals surface area contributed by atoms with Crippen molar-refractivity contribution in [1.29, 1.82) is 0 Å². The quantitative estimate of drug-likeness (QED) is 0.807. The van der Waals surface area contributed by atoms with Crippen LogP contribution in [0, 0.1) is 12.7 Å². The number of aryl methyl sites for hydroxylation is 1. The Kier molecular flexibility index (Phi) is 4.90. The molecule has 2 nitrogen and oxygen atoms in total. The van der Waals surface area contributed by atoms with E-state index in [4.69, 9.17) is 0 Å². The van der Waals surface area contributed by atoms with Crippen molar-refractivity contribution < 1.29 is 9.50 Å². The first-order chi connectivity index (χ1) is 7.60. The van der Waals surface area contributed by atoms with Crippen molar-refractivity contribution in [3.63, 3.8) is 0 Å². The van der Waals surface area contributed by atoms with Gasteiger partial charge in [0.15, 0.2) is 0 Å². The molecule has 0 radical (unpaired) electrons. The zero-order valence-electron chi connectivity index (χ0n) is 10.1. The fourth-order valence-electron chi connectivity index (χ4n) is 1.83. The van der Waals surface area contributed by atoms with E-state index in [9.17, 15) is 9.50 Å². The lowest BCUT2D eigenvalue weighted by Crippen LogP contribution is -2.34. The standard InChI is InChI=1S/C13H20FNO/c1-4-12(15-5-2)13(16)10-6-7-11(14)9(3)8-10/h6-8,12-13,15-16H,4-5H2,1-3H3. The molecule has 3 heteroatoms. The van der Waals surface area contributed by atoms with Gasteiger partial charge < -0.3 is 10.4 Å². The predicted octanol–water partition coefficient (Wildman–Crippen LogP) is 2.56. The summed E-state index contributed by atoms with van der Waals surface area (Å²) in [4.78, 5) is 0. The summed E-state index contributed by atoms with van der Waals surface area (Å²) in [6.07, 6.45) is 0.259. The molecule has 0 fully saturated rings. The Balaban J connectivity index is 2.85. The van der Waals surface area contributed by atoms with Gasteiger partial charge in [-0.05, 0) is 37.1 Å². The second kappa shape index (κ2) is 5.97. The van der Waals surface area contributed by atoms with Crippen LogP contribution in [-0.2, 0) is 0 Å². The SMILES string of the molecule is CCNC(CC)C(O)c1ccc(F)c(C)c1. The summed E-state index contributed by atoms with van der Waals surface area (Å²) in [5.41, 5.74) is 1.34. The van der Waals surface area contributed by atoms with Crippen LogP contribution in [0.5, 0.6) is 0 Å². The number of aliphatic hydroxyl groups excluding tert-OH is 1. The zero-order valence-corrected chi connectivity index (χ0v) is 10.1. The highest BCUT2D eigenvalue weighted by Crippen LogP contribution is 2.21. The topological polar surface area (TPSA) is 32.3 Å². The van der Waals surface area contributed by atoms with E-state index in [1.54, 1.807) is 19.1 Å². The fraction of sp³-hybridized carbons (Fsp3) is 0.538. The molecule has 1 aromatic rings. The molecule has 0 heterocycles. The minimum atomic E-state index is -0.579. The number of rotatable bonds is 5. The molecule has 16 heavy (non-hydrogen) atoms. The molecule has 0 aliphatic rings. The normalized spacial score (nSPS) is 14.8. The van der Waals surface area contributed by atoms with Gasteiger partial charge in [0.2, 0.25) is 0 Å². The molecule has 0 saturated heterocycles. The summed E-state index contributed by atoms with van der Waals surface area (Å²) in [6.45, 7) is 6.55. The van der Waals surface area contributed by atoms with Gasteiger partial charge in [-0.15, -0.1) is 0 Å². The predicted molar refractivity (Wildman–Crippen MR) is 63.9 cm³/mol. The largest absolute Gasteiger partial charge is 0.387 e. The van der Waals surface area contributed by atoms with Crippen molar-refractivity contribution in [2.75, 3.05) is 6.54 Å². The number of hydrogen-bond donors (Lipinski definition) is 2. The van der Waals surface area contributed by atoms with Crippen LogP contribution >= 0.6 is 0 Å². The highest BCUT2D eigenvalue weighted by Gasteiger charge is 2.18. The Morgan fingerprint density at radius 1 is 1.38 bits per heavy atom. The monoisotopic (exact) mass is 225 g/mol. The smallest absolute Gasteiger partial charge is 0.126 e. The third kappa shape index (κ3) is 3.03. The van der Waals surface area contributed by atoms with Crippen LogP contribution in [-0.4, -0.2) is 17.7 Å². The van der Waals surface area contributed by atoms with E-state index in [2.05, 4.69) is 5.32 Å². The lowest BCUT2D eigenvalue weighted by atomic mass is 9.98. The van der Waals surface area contributed by atoms with Crippen LogP contribution in [0.4, 0.5) is 4.39 Å². The number of nitrogens with one attached hydrogen (secondary N) is 1. The average molecular weight is 225 g/mol. The molecule has 2 N–H and O–H groups in total. The van der Waals surface area contributed by atoms with Gasteiger partial charge in [-0.25, -0.2) is 4.39 Å². The lowest BCUT2D eigenvalue weighted by molar-refractivity contribution is 0.127. The third-order valence-corrected chi connectivity index (χ3v) is 2.81. The minimum absolute atomic E-state index is 0.0230. The van der Waals surface area contributed by atoms with E-state index in [-0.39, 0.29) is 11.9 Å². The summed E-state index contributed by atoms with van der Waals surface area (Å²) < 4.78 is 13.1. The molecule has 0 amide bonds. The van der Waals surface area contributed by atoms with Crippen molar-refractivity contribution in [2.45, 2.75) is 39.3 Å². The van der Waals surface area contributed by atoms with Crippen LogP contribution in [0.25, 0.3) is 0 Å². The fourth-order valence-corrected chi connectivity index (χ4v) is 1.83. The molecule has 1 rings (SSSR count). The average Bonchev–Trinajstić information content (AvgIpc) is 2.28. The summed E-state index contributed by atoms with van der Waals surface area (Å²) >= 11 is 0. The van der Waals surface area contributed by atoms with Crippen LogP contribution in [0.15, 0.2) is 18.2 Å².